The number of rotatable bonds is 7. The second-order valence-corrected chi connectivity index (χ2v) is 5.80. The monoisotopic (exact) mass is 326 g/mol. The highest BCUT2D eigenvalue weighted by molar-refractivity contribution is 6.31. The number of quaternary nitrogens is 1. The lowest BCUT2D eigenvalue weighted by molar-refractivity contribution is -0.862. The van der Waals surface area contributed by atoms with Crippen LogP contribution in [-0.4, -0.2) is 49.9 Å². The maximum atomic E-state index is 12.0. The second kappa shape index (κ2) is 8.76. The van der Waals surface area contributed by atoms with Crippen LogP contribution in [-0.2, 0) is 9.59 Å². The molecule has 0 saturated heterocycles. The molecule has 0 fully saturated rings. The minimum absolute atomic E-state index is 0.0636. The summed E-state index contributed by atoms with van der Waals surface area (Å²) in [5.74, 6) is -0.0709. The van der Waals surface area contributed by atoms with Crippen molar-refractivity contribution < 1.29 is 14.5 Å². The molecule has 5 nitrogen and oxygen atoms in total. The number of hydrogen-bond acceptors (Lipinski definition) is 2. The number of nitrogens with zero attached hydrogens (tertiary/aromatic N) is 1. The average molecular weight is 327 g/mol. The van der Waals surface area contributed by atoms with Crippen LogP contribution in [0.2, 0.25) is 5.02 Å². The molecule has 0 bridgehead atoms. The Labute approximate surface area is 137 Å². The van der Waals surface area contributed by atoms with Crippen molar-refractivity contribution in [3.8, 4) is 0 Å². The van der Waals surface area contributed by atoms with Gasteiger partial charge in [-0.1, -0.05) is 17.7 Å². The number of hydrogen-bond donors (Lipinski definition) is 2. The summed E-state index contributed by atoms with van der Waals surface area (Å²) < 4.78 is 0. The summed E-state index contributed by atoms with van der Waals surface area (Å²) in [7, 11) is 1.84. The molecule has 2 amide bonds. The van der Waals surface area contributed by atoms with Gasteiger partial charge in [0.15, 0.2) is 13.1 Å². The number of anilines is 1. The molecule has 0 radical (unpaired) electrons. The highest BCUT2D eigenvalue weighted by Gasteiger charge is 2.17. The Kier molecular flexibility index (Phi) is 7.35. The number of nitrogens with one attached hydrogen (secondary N) is 2. The summed E-state index contributed by atoms with van der Waals surface area (Å²) >= 11 is 6.03. The van der Waals surface area contributed by atoms with Gasteiger partial charge >= 0.3 is 0 Å². The molecule has 1 aromatic carbocycles. The zero-order valence-corrected chi connectivity index (χ0v) is 14.5. The molecular formula is C16H25ClN3O2+. The fraction of sp³-hybridized carbons (Fsp3) is 0.500. The van der Waals surface area contributed by atoms with Crippen molar-refractivity contribution in [3.05, 3.63) is 28.8 Å². The molecule has 122 valence electrons. The Hall–Kier alpha value is -1.59. The topological polar surface area (TPSA) is 53.9 Å². The molecule has 0 aliphatic carbocycles. The van der Waals surface area contributed by atoms with Gasteiger partial charge in [-0.15, -0.1) is 0 Å². The van der Waals surface area contributed by atoms with Crippen LogP contribution in [0.1, 0.15) is 19.4 Å². The molecule has 0 aromatic heterocycles. The van der Waals surface area contributed by atoms with Gasteiger partial charge in [-0.25, -0.2) is 0 Å². The van der Waals surface area contributed by atoms with E-state index in [0.717, 1.165) is 10.5 Å². The fourth-order valence-electron chi connectivity index (χ4n) is 2.16. The number of amides is 2. The summed E-state index contributed by atoms with van der Waals surface area (Å²) in [5, 5.41) is 3.42. The molecule has 1 unspecified atom stereocenters. The molecule has 0 saturated carbocycles. The van der Waals surface area contributed by atoms with E-state index in [9.17, 15) is 9.59 Å². The molecule has 1 aromatic rings. The molecule has 22 heavy (non-hydrogen) atoms. The van der Waals surface area contributed by atoms with E-state index in [2.05, 4.69) is 5.32 Å². The van der Waals surface area contributed by atoms with E-state index in [1.807, 2.05) is 40.0 Å². The van der Waals surface area contributed by atoms with Crippen molar-refractivity contribution in [1.82, 2.24) is 4.90 Å². The van der Waals surface area contributed by atoms with Gasteiger partial charge in [0.25, 0.3) is 11.8 Å². The summed E-state index contributed by atoms with van der Waals surface area (Å²) in [4.78, 5) is 26.6. The lowest BCUT2D eigenvalue weighted by atomic mass is 10.2. The smallest absolute Gasteiger partial charge is 0.279 e. The van der Waals surface area contributed by atoms with E-state index < -0.39 is 0 Å². The molecular weight excluding hydrogens is 302 g/mol. The Bertz CT molecular complexity index is 530. The number of carbonyl (C=O) groups excluding carboxylic acids is 2. The average Bonchev–Trinajstić information content (AvgIpc) is 2.43. The molecule has 6 heteroatoms. The van der Waals surface area contributed by atoms with Crippen molar-refractivity contribution in [2.24, 2.45) is 0 Å². The fourth-order valence-corrected chi connectivity index (χ4v) is 2.34. The number of carbonyl (C=O) groups is 2. The minimum atomic E-state index is -0.134. The Morgan fingerprint density at radius 2 is 1.86 bits per heavy atom. The van der Waals surface area contributed by atoms with E-state index in [4.69, 9.17) is 11.6 Å². The highest BCUT2D eigenvalue weighted by Crippen LogP contribution is 2.19. The Morgan fingerprint density at radius 1 is 1.23 bits per heavy atom. The van der Waals surface area contributed by atoms with Crippen molar-refractivity contribution in [1.29, 1.82) is 0 Å². The maximum absolute atomic E-state index is 12.0. The predicted molar refractivity (Wildman–Crippen MR) is 89.4 cm³/mol. The van der Waals surface area contributed by atoms with Gasteiger partial charge in [-0.2, -0.15) is 0 Å². The summed E-state index contributed by atoms with van der Waals surface area (Å²) in [6.07, 6.45) is 0. The van der Waals surface area contributed by atoms with Crippen LogP contribution in [0.3, 0.4) is 0 Å². The molecule has 1 rings (SSSR count). The zero-order valence-electron chi connectivity index (χ0n) is 13.7. The first-order valence-corrected chi connectivity index (χ1v) is 7.90. The van der Waals surface area contributed by atoms with Crippen LogP contribution >= 0.6 is 11.6 Å². The van der Waals surface area contributed by atoms with Gasteiger partial charge in [0.1, 0.15) is 0 Å². The molecule has 0 spiro atoms. The van der Waals surface area contributed by atoms with Gasteiger partial charge in [0, 0.05) is 23.8 Å². The van der Waals surface area contributed by atoms with Gasteiger partial charge < -0.3 is 15.1 Å². The van der Waals surface area contributed by atoms with Gasteiger partial charge in [-0.3, -0.25) is 9.59 Å². The third kappa shape index (κ3) is 5.66. The van der Waals surface area contributed by atoms with Crippen molar-refractivity contribution in [2.45, 2.75) is 20.8 Å². The predicted octanol–water partition coefficient (Wildman–Crippen LogP) is 0.970. The number of benzene rings is 1. The first-order chi connectivity index (χ1) is 10.4. The lowest BCUT2D eigenvalue weighted by Crippen LogP contribution is -3.11. The highest BCUT2D eigenvalue weighted by atomic mass is 35.5. The first-order valence-electron chi connectivity index (χ1n) is 7.52. The SMILES string of the molecule is CCN(CC)C(=O)C[NH+](C)CC(=O)Nc1ccc(C)c(Cl)c1. The number of halogens is 1. The first kappa shape index (κ1) is 18.5. The van der Waals surface area contributed by atoms with E-state index >= 15 is 0 Å². The van der Waals surface area contributed by atoms with Crippen LogP contribution in [0.5, 0.6) is 0 Å². The zero-order chi connectivity index (χ0) is 16.7. The normalized spacial score (nSPS) is 11.9. The van der Waals surface area contributed by atoms with E-state index in [1.165, 1.54) is 0 Å². The van der Waals surface area contributed by atoms with Crippen molar-refractivity contribution in [3.63, 3.8) is 0 Å². The van der Waals surface area contributed by atoms with Crippen LogP contribution < -0.4 is 10.2 Å². The molecule has 0 heterocycles. The van der Waals surface area contributed by atoms with Gasteiger partial charge in [0.05, 0.1) is 7.05 Å². The summed E-state index contributed by atoms with van der Waals surface area (Å²) in [5.41, 5.74) is 1.63. The lowest BCUT2D eigenvalue weighted by Gasteiger charge is -2.20. The maximum Gasteiger partial charge on any atom is 0.279 e. The molecule has 0 aliphatic rings. The second-order valence-electron chi connectivity index (χ2n) is 5.39. The minimum Gasteiger partial charge on any atom is -0.338 e. The van der Waals surface area contributed by atoms with E-state index in [0.29, 0.717) is 30.3 Å². The standard InChI is InChI=1S/C16H24ClN3O2/c1-5-20(6-2)16(22)11-19(4)10-15(21)18-13-8-7-12(3)14(17)9-13/h7-9H,5-6,10-11H2,1-4H3,(H,18,21)/p+1. The summed E-state index contributed by atoms with van der Waals surface area (Å²) in [6, 6.07) is 5.40. The Balaban J connectivity index is 2.50. The third-order valence-corrected chi connectivity index (χ3v) is 3.89. The molecule has 2 N–H and O–H groups in total. The van der Waals surface area contributed by atoms with Crippen LogP contribution in [0.4, 0.5) is 5.69 Å². The molecule has 1 atom stereocenters. The van der Waals surface area contributed by atoms with Crippen molar-refractivity contribution >= 4 is 29.1 Å². The van der Waals surface area contributed by atoms with Crippen LogP contribution in [0.15, 0.2) is 18.2 Å². The Morgan fingerprint density at radius 3 is 2.41 bits per heavy atom. The van der Waals surface area contributed by atoms with Crippen LogP contribution in [0, 0.1) is 6.92 Å². The van der Waals surface area contributed by atoms with Crippen LogP contribution in [0.25, 0.3) is 0 Å². The van der Waals surface area contributed by atoms with Crippen molar-refractivity contribution in [2.75, 3.05) is 38.5 Å². The number of likely N-dealkylation sites (N-methyl/N-ethyl adjacent to an activating group) is 2. The summed E-state index contributed by atoms with van der Waals surface area (Å²) in [6.45, 7) is 7.73. The third-order valence-electron chi connectivity index (χ3n) is 3.49. The quantitative estimate of drug-likeness (QED) is 0.784. The van der Waals surface area contributed by atoms with Gasteiger partial charge in [0.2, 0.25) is 0 Å². The number of aryl methyl sites for hydroxylation is 1. The van der Waals surface area contributed by atoms with E-state index in [-0.39, 0.29) is 18.4 Å². The largest absolute Gasteiger partial charge is 0.338 e. The van der Waals surface area contributed by atoms with E-state index in [1.54, 1.807) is 11.0 Å². The molecule has 0 aliphatic heterocycles. The van der Waals surface area contributed by atoms with Gasteiger partial charge in [-0.05, 0) is 38.5 Å².